The molecule has 7 nitrogen and oxygen atoms in total. The van der Waals surface area contributed by atoms with Crippen LogP contribution in [0.5, 0.6) is 0 Å². The van der Waals surface area contributed by atoms with Crippen LogP contribution in [0.3, 0.4) is 0 Å². The molecule has 1 amide bonds. The minimum absolute atomic E-state index is 0.000149. The Hall–Kier alpha value is -1.76. The van der Waals surface area contributed by atoms with E-state index in [1.165, 1.54) is 6.33 Å². The van der Waals surface area contributed by atoms with E-state index < -0.39 is 0 Å². The molecule has 0 unspecified atom stereocenters. The van der Waals surface area contributed by atoms with Crippen molar-refractivity contribution >= 4 is 11.9 Å². The average Bonchev–Trinajstić information content (AvgIpc) is 2.29. The van der Waals surface area contributed by atoms with Crippen LogP contribution in [0.2, 0.25) is 0 Å². The predicted octanol–water partition coefficient (Wildman–Crippen LogP) is -1.44. The van der Waals surface area contributed by atoms with Crippen molar-refractivity contribution in [2.45, 2.75) is 6.42 Å². The standard InChI is InChI=1S/C9H16N6O/c1-15(2)9-13-6-12-7(14-9)3-4-11-8(16)5-10/h6H,3-5,10H2,1-2H3,(H,11,16). The first-order valence-electron chi connectivity index (χ1n) is 4.95. The molecule has 1 heterocycles. The topological polar surface area (TPSA) is 97.0 Å². The van der Waals surface area contributed by atoms with Gasteiger partial charge in [0.1, 0.15) is 12.2 Å². The monoisotopic (exact) mass is 224 g/mol. The third-order valence-corrected chi connectivity index (χ3v) is 1.87. The summed E-state index contributed by atoms with van der Waals surface area (Å²) in [6.45, 7) is 0.479. The fourth-order valence-corrected chi connectivity index (χ4v) is 1.04. The van der Waals surface area contributed by atoms with E-state index in [2.05, 4.69) is 20.3 Å². The zero-order valence-corrected chi connectivity index (χ0v) is 9.47. The van der Waals surface area contributed by atoms with Crippen LogP contribution in [0.15, 0.2) is 6.33 Å². The van der Waals surface area contributed by atoms with Crippen molar-refractivity contribution in [3.8, 4) is 0 Å². The number of carbonyl (C=O) groups excluding carboxylic acids is 1. The Labute approximate surface area is 94.1 Å². The Balaban J connectivity index is 2.48. The molecule has 1 rings (SSSR count). The van der Waals surface area contributed by atoms with Crippen molar-refractivity contribution in [1.29, 1.82) is 0 Å². The highest BCUT2D eigenvalue weighted by Crippen LogP contribution is 2.00. The Morgan fingerprint density at radius 3 is 2.88 bits per heavy atom. The summed E-state index contributed by atoms with van der Waals surface area (Å²) in [4.78, 5) is 24.9. The van der Waals surface area contributed by atoms with Gasteiger partial charge in [0.05, 0.1) is 6.54 Å². The van der Waals surface area contributed by atoms with E-state index in [0.29, 0.717) is 24.7 Å². The minimum Gasteiger partial charge on any atom is -0.355 e. The normalized spacial score (nSPS) is 9.94. The first-order chi connectivity index (χ1) is 7.63. The minimum atomic E-state index is -0.179. The summed E-state index contributed by atoms with van der Waals surface area (Å²) in [5, 5.41) is 2.65. The van der Waals surface area contributed by atoms with E-state index in [-0.39, 0.29) is 12.5 Å². The Morgan fingerprint density at radius 1 is 1.50 bits per heavy atom. The van der Waals surface area contributed by atoms with Gasteiger partial charge in [-0.1, -0.05) is 0 Å². The number of nitrogens with zero attached hydrogens (tertiary/aromatic N) is 4. The molecule has 16 heavy (non-hydrogen) atoms. The summed E-state index contributed by atoms with van der Waals surface area (Å²) in [6, 6.07) is 0. The van der Waals surface area contributed by atoms with Gasteiger partial charge < -0.3 is 16.0 Å². The number of hydrogen-bond acceptors (Lipinski definition) is 6. The van der Waals surface area contributed by atoms with Gasteiger partial charge in [-0.05, 0) is 0 Å². The van der Waals surface area contributed by atoms with Crippen LogP contribution in [0.4, 0.5) is 5.95 Å². The summed E-state index contributed by atoms with van der Waals surface area (Å²) in [5.74, 6) is 1.08. The van der Waals surface area contributed by atoms with E-state index in [1.807, 2.05) is 14.1 Å². The molecule has 0 saturated carbocycles. The van der Waals surface area contributed by atoms with E-state index in [0.717, 1.165) is 0 Å². The maximum Gasteiger partial charge on any atom is 0.233 e. The molecular formula is C9H16N6O. The molecule has 0 bridgehead atoms. The predicted molar refractivity (Wildman–Crippen MR) is 59.9 cm³/mol. The van der Waals surface area contributed by atoms with Crippen molar-refractivity contribution in [1.82, 2.24) is 20.3 Å². The highest BCUT2D eigenvalue weighted by Gasteiger charge is 2.03. The summed E-state index contributed by atoms with van der Waals surface area (Å²) in [6.07, 6.45) is 2.03. The van der Waals surface area contributed by atoms with Crippen LogP contribution >= 0.6 is 0 Å². The van der Waals surface area contributed by atoms with Crippen molar-refractivity contribution in [2.24, 2.45) is 5.73 Å². The van der Waals surface area contributed by atoms with Crippen molar-refractivity contribution in [2.75, 3.05) is 32.1 Å². The lowest BCUT2D eigenvalue weighted by Gasteiger charge is -2.10. The summed E-state index contributed by atoms with van der Waals surface area (Å²) in [7, 11) is 3.71. The van der Waals surface area contributed by atoms with Crippen molar-refractivity contribution < 1.29 is 4.79 Å². The van der Waals surface area contributed by atoms with E-state index in [9.17, 15) is 4.79 Å². The largest absolute Gasteiger partial charge is 0.355 e. The highest BCUT2D eigenvalue weighted by molar-refractivity contribution is 5.77. The first-order valence-corrected chi connectivity index (χ1v) is 4.95. The molecule has 1 aromatic rings. The van der Waals surface area contributed by atoms with Gasteiger partial charge in [0, 0.05) is 27.1 Å². The molecule has 0 aromatic carbocycles. The lowest BCUT2D eigenvalue weighted by Crippen LogP contribution is -2.32. The van der Waals surface area contributed by atoms with E-state index in [4.69, 9.17) is 5.73 Å². The van der Waals surface area contributed by atoms with Crippen LogP contribution < -0.4 is 16.0 Å². The molecule has 1 aromatic heterocycles. The van der Waals surface area contributed by atoms with Crippen molar-refractivity contribution in [3.05, 3.63) is 12.2 Å². The van der Waals surface area contributed by atoms with Gasteiger partial charge in [-0.15, -0.1) is 0 Å². The molecule has 0 fully saturated rings. The fourth-order valence-electron chi connectivity index (χ4n) is 1.04. The van der Waals surface area contributed by atoms with Crippen molar-refractivity contribution in [3.63, 3.8) is 0 Å². The molecule has 0 spiro atoms. The summed E-state index contributed by atoms with van der Waals surface area (Å²) >= 11 is 0. The molecule has 0 saturated heterocycles. The van der Waals surface area contributed by atoms with Crippen LogP contribution in [0.25, 0.3) is 0 Å². The maximum absolute atomic E-state index is 10.9. The number of nitrogens with two attached hydrogens (primary N) is 1. The number of hydrogen-bond donors (Lipinski definition) is 2. The number of nitrogens with one attached hydrogen (secondary N) is 1. The molecule has 0 aliphatic heterocycles. The fraction of sp³-hybridized carbons (Fsp3) is 0.556. The number of carbonyl (C=O) groups is 1. The van der Waals surface area contributed by atoms with Gasteiger partial charge in [0.25, 0.3) is 0 Å². The van der Waals surface area contributed by atoms with E-state index >= 15 is 0 Å². The average molecular weight is 224 g/mol. The van der Waals surface area contributed by atoms with Gasteiger partial charge in [-0.25, -0.2) is 9.97 Å². The number of anilines is 1. The van der Waals surface area contributed by atoms with Crippen LogP contribution in [-0.4, -0.2) is 48.0 Å². The Morgan fingerprint density at radius 2 is 2.25 bits per heavy atom. The molecular weight excluding hydrogens is 208 g/mol. The van der Waals surface area contributed by atoms with Gasteiger partial charge in [-0.2, -0.15) is 4.98 Å². The molecule has 88 valence electrons. The molecule has 0 aliphatic carbocycles. The zero-order valence-electron chi connectivity index (χ0n) is 9.47. The molecule has 7 heteroatoms. The second-order valence-corrected chi connectivity index (χ2v) is 3.40. The van der Waals surface area contributed by atoms with Gasteiger partial charge in [0.15, 0.2) is 0 Å². The molecule has 0 atom stereocenters. The second-order valence-electron chi connectivity index (χ2n) is 3.40. The lowest BCUT2D eigenvalue weighted by molar-refractivity contribution is -0.119. The third-order valence-electron chi connectivity index (χ3n) is 1.87. The maximum atomic E-state index is 10.9. The van der Waals surface area contributed by atoms with Crippen LogP contribution in [-0.2, 0) is 11.2 Å². The van der Waals surface area contributed by atoms with Crippen LogP contribution in [0, 0.1) is 0 Å². The van der Waals surface area contributed by atoms with Gasteiger partial charge in [-0.3, -0.25) is 4.79 Å². The first kappa shape index (κ1) is 12.3. The van der Waals surface area contributed by atoms with Crippen LogP contribution in [0.1, 0.15) is 5.82 Å². The number of rotatable bonds is 5. The quantitative estimate of drug-likeness (QED) is 0.635. The molecule has 3 N–H and O–H groups in total. The SMILES string of the molecule is CN(C)c1ncnc(CCNC(=O)CN)n1. The van der Waals surface area contributed by atoms with Gasteiger partial charge in [0.2, 0.25) is 11.9 Å². The summed E-state index contributed by atoms with van der Waals surface area (Å²) in [5.41, 5.74) is 5.16. The Bertz CT molecular complexity index is 354. The Kier molecular flexibility index (Phi) is 4.59. The lowest BCUT2D eigenvalue weighted by atomic mass is 10.4. The smallest absolute Gasteiger partial charge is 0.233 e. The molecule has 0 aliphatic rings. The highest BCUT2D eigenvalue weighted by atomic mass is 16.1. The zero-order chi connectivity index (χ0) is 12.0. The summed E-state index contributed by atoms with van der Waals surface area (Å²) < 4.78 is 0. The molecule has 0 radical (unpaired) electrons. The van der Waals surface area contributed by atoms with E-state index in [1.54, 1.807) is 4.90 Å². The number of aromatic nitrogens is 3. The third kappa shape index (κ3) is 3.77. The second kappa shape index (κ2) is 5.96. The number of amides is 1. The van der Waals surface area contributed by atoms with Gasteiger partial charge >= 0.3 is 0 Å².